The van der Waals surface area contributed by atoms with Crippen LogP contribution in [0.2, 0.25) is 5.15 Å². The number of halogens is 1. The summed E-state index contributed by atoms with van der Waals surface area (Å²) in [6.45, 7) is 0.978. The average molecular weight is 224 g/mol. The molecule has 0 radical (unpaired) electrons. The average Bonchev–Trinajstić information content (AvgIpc) is 2.52. The molecule has 2 aromatic rings. The Morgan fingerprint density at radius 1 is 1.47 bits per heavy atom. The first-order valence-electron chi connectivity index (χ1n) is 4.98. The first kappa shape index (κ1) is 10.5. The minimum absolute atomic E-state index is 0.699. The molecule has 0 amide bonds. The van der Waals surface area contributed by atoms with Crippen LogP contribution >= 0.6 is 11.6 Å². The molecular weight excluding hydrogens is 210 g/mol. The van der Waals surface area contributed by atoms with Gasteiger partial charge in [0, 0.05) is 12.4 Å². The summed E-state index contributed by atoms with van der Waals surface area (Å²) < 4.78 is 1.70. The topological polar surface area (TPSA) is 29.9 Å². The van der Waals surface area contributed by atoms with Gasteiger partial charge in [-0.15, -0.1) is 0 Å². The van der Waals surface area contributed by atoms with Crippen LogP contribution in [0, 0.1) is 0 Å². The van der Waals surface area contributed by atoms with Crippen molar-refractivity contribution in [2.75, 3.05) is 13.6 Å². The van der Waals surface area contributed by atoms with Gasteiger partial charge in [-0.05, 0) is 37.7 Å². The van der Waals surface area contributed by atoms with Gasteiger partial charge in [0.2, 0.25) is 0 Å². The number of nitrogens with zero attached hydrogens (tertiary/aromatic N) is 2. The molecule has 15 heavy (non-hydrogen) atoms. The first-order chi connectivity index (χ1) is 7.22. The van der Waals surface area contributed by atoms with Crippen molar-refractivity contribution in [1.82, 2.24) is 15.1 Å². The number of rotatable bonds is 3. The van der Waals surface area contributed by atoms with E-state index in [0.29, 0.717) is 5.15 Å². The minimum atomic E-state index is 0.699. The third kappa shape index (κ3) is 1.98. The number of aromatic nitrogens is 2. The quantitative estimate of drug-likeness (QED) is 0.863. The van der Waals surface area contributed by atoms with Crippen LogP contribution in [0.4, 0.5) is 0 Å². The molecule has 0 spiro atoms. The highest BCUT2D eigenvalue weighted by Crippen LogP contribution is 2.23. The lowest BCUT2D eigenvalue weighted by molar-refractivity contribution is 0.779. The number of likely N-dealkylation sites (N-methyl/N-ethyl adjacent to an activating group) is 1. The standard InChI is InChI=1S/C11H14ClN3/c1-13-6-5-8-3-4-9-10(7-8)14-15(2)11(9)12/h3-4,7,13H,5-6H2,1-2H3. The Kier molecular flexibility index (Phi) is 2.93. The predicted molar refractivity (Wildman–Crippen MR) is 63.4 cm³/mol. The second-order valence-electron chi connectivity index (χ2n) is 3.62. The van der Waals surface area contributed by atoms with E-state index in [9.17, 15) is 0 Å². The molecule has 0 atom stereocenters. The fourth-order valence-electron chi connectivity index (χ4n) is 1.64. The molecule has 0 aliphatic carbocycles. The Labute approximate surface area is 94.0 Å². The molecule has 0 fully saturated rings. The van der Waals surface area contributed by atoms with Crippen LogP contribution in [-0.4, -0.2) is 23.4 Å². The summed E-state index contributed by atoms with van der Waals surface area (Å²) >= 11 is 6.09. The van der Waals surface area contributed by atoms with E-state index in [0.717, 1.165) is 23.9 Å². The van der Waals surface area contributed by atoms with Crippen molar-refractivity contribution in [2.24, 2.45) is 7.05 Å². The van der Waals surface area contributed by atoms with E-state index in [1.807, 2.05) is 20.2 Å². The van der Waals surface area contributed by atoms with Crippen molar-refractivity contribution in [2.45, 2.75) is 6.42 Å². The van der Waals surface area contributed by atoms with Crippen LogP contribution in [-0.2, 0) is 13.5 Å². The zero-order valence-electron chi connectivity index (χ0n) is 8.92. The zero-order chi connectivity index (χ0) is 10.8. The summed E-state index contributed by atoms with van der Waals surface area (Å²) in [5, 5.41) is 9.19. The highest BCUT2D eigenvalue weighted by molar-refractivity contribution is 6.34. The SMILES string of the molecule is CNCCc1ccc2c(Cl)n(C)nc2c1. The van der Waals surface area contributed by atoms with Crippen molar-refractivity contribution in [3.8, 4) is 0 Å². The van der Waals surface area contributed by atoms with Crippen LogP contribution in [0.25, 0.3) is 10.9 Å². The number of hydrogen-bond donors (Lipinski definition) is 1. The van der Waals surface area contributed by atoms with Gasteiger partial charge in [-0.2, -0.15) is 5.10 Å². The molecular formula is C11H14ClN3. The Bertz CT molecular complexity index is 476. The van der Waals surface area contributed by atoms with Gasteiger partial charge >= 0.3 is 0 Å². The number of aryl methyl sites for hydroxylation is 1. The summed E-state index contributed by atoms with van der Waals surface area (Å²) in [7, 11) is 3.81. The summed E-state index contributed by atoms with van der Waals surface area (Å²) in [6, 6.07) is 6.24. The van der Waals surface area contributed by atoms with Crippen LogP contribution in [0.1, 0.15) is 5.56 Å². The molecule has 0 aliphatic rings. The highest BCUT2D eigenvalue weighted by Gasteiger charge is 2.06. The number of benzene rings is 1. The molecule has 3 nitrogen and oxygen atoms in total. The van der Waals surface area contributed by atoms with Crippen molar-refractivity contribution in [1.29, 1.82) is 0 Å². The maximum absolute atomic E-state index is 6.09. The maximum Gasteiger partial charge on any atom is 0.134 e. The van der Waals surface area contributed by atoms with Gasteiger partial charge in [-0.25, -0.2) is 0 Å². The van der Waals surface area contributed by atoms with Gasteiger partial charge in [0.1, 0.15) is 5.15 Å². The van der Waals surface area contributed by atoms with Gasteiger partial charge in [0.05, 0.1) is 5.52 Å². The smallest absolute Gasteiger partial charge is 0.134 e. The maximum atomic E-state index is 6.09. The Morgan fingerprint density at radius 3 is 3.00 bits per heavy atom. The lowest BCUT2D eigenvalue weighted by Crippen LogP contribution is -2.10. The third-order valence-corrected chi connectivity index (χ3v) is 2.94. The largest absolute Gasteiger partial charge is 0.319 e. The lowest BCUT2D eigenvalue weighted by Gasteiger charge is -1.99. The summed E-state index contributed by atoms with van der Waals surface area (Å²) in [5.74, 6) is 0. The molecule has 1 N–H and O–H groups in total. The number of hydrogen-bond acceptors (Lipinski definition) is 2. The molecule has 0 aliphatic heterocycles. The predicted octanol–water partition coefficient (Wildman–Crippen LogP) is 1.99. The van der Waals surface area contributed by atoms with E-state index in [4.69, 9.17) is 11.6 Å². The lowest BCUT2D eigenvalue weighted by atomic mass is 10.1. The van der Waals surface area contributed by atoms with Crippen LogP contribution in [0.3, 0.4) is 0 Å². The van der Waals surface area contributed by atoms with Gasteiger partial charge < -0.3 is 5.32 Å². The summed E-state index contributed by atoms with van der Waals surface area (Å²) in [5.41, 5.74) is 2.25. The van der Waals surface area contributed by atoms with E-state index in [1.54, 1.807) is 4.68 Å². The van der Waals surface area contributed by atoms with Gasteiger partial charge in [-0.3, -0.25) is 4.68 Å². The fraction of sp³-hybridized carbons (Fsp3) is 0.364. The molecule has 2 rings (SSSR count). The molecule has 0 saturated carbocycles. The second kappa shape index (κ2) is 4.21. The van der Waals surface area contributed by atoms with Crippen LogP contribution < -0.4 is 5.32 Å². The molecule has 1 aromatic carbocycles. The molecule has 4 heteroatoms. The second-order valence-corrected chi connectivity index (χ2v) is 3.98. The van der Waals surface area contributed by atoms with Crippen molar-refractivity contribution < 1.29 is 0 Å². The fourth-order valence-corrected chi connectivity index (χ4v) is 1.84. The van der Waals surface area contributed by atoms with E-state index >= 15 is 0 Å². The van der Waals surface area contributed by atoms with Crippen LogP contribution in [0.15, 0.2) is 18.2 Å². The molecule has 0 unspecified atom stereocenters. The van der Waals surface area contributed by atoms with E-state index in [1.165, 1.54) is 5.56 Å². The number of nitrogens with one attached hydrogen (secondary N) is 1. The Hall–Kier alpha value is -1.06. The minimum Gasteiger partial charge on any atom is -0.319 e. The van der Waals surface area contributed by atoms with E-state index in [-0.39, 0.29) is 0 Å². The van der Waals surface area contributed by atoms with Gasteiger partial charge in [0.25, 0.3) is 0 Å². The normalized spacial score (nSPS) is 11.1. The van der Waals surface area contributed by atoms with Crippen molar-refractivity contribution in [3.63, 3.8) is 0 Å². The van der Waals surface area contributed by atoms with Gasteiger partial charge in [0.15, 0.2) is 0 Å². The summed E-state index contributed by atoms with van der Waals surface area (Å²) in [4.78, 5) is 0. The zero-order valence-corrected chi connectivity index (χ0v) is 9.67. The summed E-state index contributed by atoms with van der Waals surface area (Å²) in [6.07, 6.45) is 1.01. The monoisotopic (exact) mass is 223 g/mol. The third-order valence-electron chi connectivity index (χ3n) is 2.49. The first-order valence-corrected chi connectivity index (χ1v) is 5.36. The Morgan fingerprint density at radius 2 is 2.27 bits per heavy atom. The van der Waals surface area contributed by atoms with Crippen molar-refractivity contribution in [3.05, 3.63) is 28.9 Å². The van der Waals surface area contributed by atoms with E-state index in [2.05, 4.69) is 22.5 Å². The molecule has 0 bridgehead atoms. The van der Waals surface area contributed by atoms with E-state index < -0.39 is 0 Å². The molecule has 80 valence electrons. The molecule has 0 saturated heterocycles. The Balaban J connectivity index is 2.39. The van der Waals surface area contributed by atoms with Gasteiger partial charge in [-0.1, -0.05) is 17.7 Å². The molecule has 1 heterocycles. The van der Waals surface area contributed by atoms with Crippen LogP contribution in [0.5, 0.6) is 0 Å². The molecule has 1 aromatic heterocycles. The van der Waals surface area contributed by atoms with Crippen molar-refractivity contribution >= 4 is 22.5 Å². The number of fused-ring (bicyclic) bond motifs is 1. The highest BCUT2D eigenvalue weighted by atomic mass is 35.5.